The minimum Gasteiger partial charge on any atom is -0.447 e. The predicted molar refractivity (Wildman–Crippen MR) is 107 cm³/mol. The normalized spacial score (nSPS) is 13.2. The molecule has 2 aromatic heterocycles. The number of hydrogen-bond acceptors (Lipinski definition) is 6. The fourth-order valence-corrected chi connectivity index (χ4v) is 3.37. The molecule has 1 amide bonds. The van der Waals surface area contributed by atoms with Crippen LogP contribution in [0.2, 0.25) is 0 Å². The van der Waals surface area contributed by atoms with Gasteiger partial charge in [-0.3, -0.25) is 4.79 Å². The Morgan fingerprint density at radius 1 is 1.15 bits per heavy atom. The third-order valence-corrected chi connectivity index (χ3v) is 5.08. The number of anilines is 2. The Morgan fingerprint density at radius 2 is 1.96 bits per heavy atom. The lowest BCUT2D eigenvalue weighted by Gasteiger charge is -2.09. The number of nitrogen functional groups attached to an aromatic ring is 1. The topological polar surface area (TPSA) is 89.3 Å². The maximum Gasteiger partial charge on any atom is 0.255 e. The number of nitrogens with one attached hydrogen (secondary N) is 2. The highest BCUT2D eigenvalue weighted by molar-refractivity contribution is 7.13. The number of para-hydroxylation sites is 1. The van der Waals surface area contributed by atoms with Gasteiger partial charge in [-0.1, -0.05) is 18.2 Å². The first-order valence-electron chi connectivity index (χ1n) is 8.80. The molecule has 1 aliphatic rings. The highest BCUT2D eigenvalue weighted by Crippen LogP contribution is 2.29. The van der Waals surface area contributed by atoms with Crippen LogP contribution in [-0.4, -0.2) is 16.9 Å². The molecule has 0 bridgehead atoms. The Hall–Kier alpha value is -3.06. The Bertz CT molecular complexity index is 938. The number of nitrogens with two attached hydrogens (primary N) is 1. The average Bonchev–Trinajstić information content (AvgIpc) is 3.37. The smallest absolute Gasteiger partial charge is 0.255 e. The third-order valence-electron chi connectivity index (χ3n) is 4.12. The molecule has 138 valence electrons. The van der Waals surface area contributed by atoms with Crippen molar-refractivity contribution in [1.82, 2.24) is 10.3 Å². The number of pyridine rings is 1. The van der Waals surface area contributed by atoms with Crippen LogP contribution in [-0.2, 0) is 6.54 Å². The predicted octanol–water partition coefficient (Wildman–Crippen LogP) is 4.02. The van der Waals surface area contributed by atoms with Gasteiger partial charge in [0.15, 0.2) is 5.06 Å². The number of benzene rings is 1. The van der Waals surface area contributed by atoms with Gasteiger partial charge in [-0.2, -0.15) is 0 Å². The minimum absolute atomic E-state index is 0.234. The number of thiophene rings is 1. The number of amides is 1. The molecule has 27 heavy (non-hydrogen) atoms. The van der Waals surface area contributed by atoms with E-state index in [9.17, 15) is 4.79 Å². The van der Waals surface area contributed by atoms with Gasteiger partial charge in [0.05, 0.1) is 12.1 Å². The van der Waals surface area contributed by atoms with Crippen LogP contribution in [0.25, 0.3) is 0 Å². The van der Waals surface area contributed by atoms with Crippen LogP contribution in [0.4, 0.5) is 11.6 Å². The summed E-state index contributed by atoms with van der Waals surface area (Å²) in [4.78, 5) is 17.7. The first kappa shape index (κ1) is 17.4. The molecular formula is C20H20N4O2S. The fraction of sp³-hybridized carbons (Fsp3) is 0.200. The quantitative estimate of drug-likeness (QED) is 0.576. The van der Waals surface area contributed by atoms with Crippen LogP contribution in [0.3, 0.4) is 0 Å². The summed E-state index contributed by atoms with van der Waals surface area (Å²) >= 11 is 1.49. The van der Waals surface area contributed by atoms with Crippen LogP contribution in [0.1, 0.15) is 28.1 Å². The van der Waals surface area contributed by atoms with E-state index in [-0.39, 0.29) is 11.7 Å². The van der Waals surface area contributed by atoms with Crippen LogP contribution < -0.4 is 21.1 Å². The molecule has 0 spiro atoms. The van der Waals surface area contributed by atoms with E-state index in [1.54, 1.807) is 12.1 Å². The second-order valence-electron chi connectivity index (χ2n) is 6.37. The molecule has 7 heteroatoms. The molecule has 1 saturated carbocycles. The van der Waals surface area contributed by atoms with E-state index in [2.05, 4.69) is 15.6 Å². The van der Waals surface area contributed by atoms with Gasteiger partial charge in [0.25, 0.3) is 5.91 Å². The second kappa shape index (κ2) is 7.67. The largest absolute Gasteiger partial charge is 0.447 e. The summed E-state index contributed by atoms with van der Waals surface area (Å²) in [6.45, 7) is 0.406. The van der Waals surface area contributed by atoms with Crippen LogP contribution >= 0.6 is 11.3 Å². The molecule has 1 aliphatic carbocycles. The molecule has 0 aliphatic heterocycles. The summed E-state index contributed by atoms with van der Waals surface area (Å²) in [7, 11) is 0. The van der Waals surface area contributed by atoms with Gasteiger partial charge in [-0.05, 0) is 49.2 Å². The van der Waals surface area contributed by atoms with E-state index >= 15 is 0 Å². The third kappa shape index (κ3) is 4.57. The summed E-state index contributed by atoms with van der Waals surface area (Å²) in [5.41, 5.74) is 6.33. The van der Waals surface area contributed by atoms with E-state index in [1.165, 1.54) is 11.3 Å². The fourth-order valence-electron chi connectivity index (χ4n) is 2.56. The van der Waals surface area contributed by atoms with Crippen molar-refractivity contribution < 1.29 is 9.53 Å². The molecule has 1 fully saturated rings. The highest BCUT2D eigenvalue weighted by atomic mass is 32.1. The highest BCUT2D eigenvalue weighted by Gasteiger charge is 2.22. The van der Waals surface area contributed by atoms with E-state index in [0.717, 1.165) is 28.5 Å². The van der Waals surface area contributed by atoms with Crippen molar-refractivity contribution in [3.05, 3.63) is 65.0 Å². The molecule has 3 aromatic rings. The summed E-state index contributed by atoms with van der Waals surface area (Å²) in [6, 6.07) is 17.4. The first-order valence-corrected chi connectivity index (χ1v) is 9.62. The zero-order valence-electron chi connectivity index (χ0n) is 14.6. The van der Waals surface area contributed by atoms with Crippen LogP contribution in [0.5, 0.6) is 10.8 Å². The van der Waals surface area contributed by atoms with Crippen molar-refractivity contribution in [2.75, 3.05) is 11.1 Å². The monoisotopic (exact) mass is 380 g/mol. The minimum atomic E-state index is -0.239. The van der Waals surface area contributed by atoms with Gasteiger partial charge in [0.2, 0.25) is 0 Å². The standard InChI is InChI=1S/C20H20N4O2S/c21-19-16(9-10-17(24-19)23-13-6-7-13)20(25)22-12-15-8-11-18(27-15)26-14-4-2-1-3-5-14/h1-5,8-11,13H,6-7,12H2,(H,22,25)(H3,21,23,24). The molecule has 6 nitrogen and oxygen atoms in total. The number of rotatable bonds is 7. The van der Waals surface area contributed by atoms with Gasteiger partial charge in [-0.25, -0.2) is 4.98 Å². The van der Waals surface area contributed by atoms with Crippen molar-refractivity contribution in [3.63, 3.8) is 0 Å². The number of ether oxygens (including phenoxy) is 1. The van der Waals surface area contributed by atoms with E-state index in [0.29, 0.717) is 24.0 Å². The van der Waals surface area contributed by atoms with Gasteiger partial charge in [-0.15, -0.1) is 11.3 Å². The molecule has 2 heterocycles. The first-order chi connectivity index (χ1) is 13.2. The Balaban J connectivity index is 1.34. The number of hydrogen-bond donors (Lipinski definition) is 3. The average molecular weight is 380 g/mol. The van der Waals surface area contributed by atoms with Crippen LogP contribution in [0.15, 0.2) is 54.6 Å². The SMILES string of the molecule is Nc1nc(NC2CC2)ccc1C(=O)NCc1ccc(Oc2ccccc2)s1. The Kier molecular flexibility index (Phi) is 4.93. The number of carbonyl (C=O) groups is 1. The van der Waals surface area contributed by atoms with Crippen molar-refractivity contribution in [2.45, 2.75) is 25.4 Å². The lowest BCUT2D eigenvalue weighted by Crippen LogP contribution is -2.24. The summed E-state index contributed by atoms with van der Waals surface area (Å²) in [5, 5.41) is 6.93. The Labute approximate surface area is 161 Å². The molecule has 0 unspecified atom stereocenters. The number of nitrogens with zero attached hydrogens (tertiary/aromatic N) is 1. The molecule has 0 atom stereocenters. The lowest BCUT2D eigenvalue weighted by molar-refractivity contribution is 0.0952. The maximum atomic E-state index is 12.4. The van der Waals surface area contributed by atoms with Gasteiger partial charge >= 0.3 is 0 Å². The number of carbonyl (C=O) groups excluding carboxylic acids is 1. The van der Waals surface area contributed by atoms with Gasteiger partial charge < -0.3 is 21.1 Å². The molecule has 1 aromatic carbocycles. The van der Waals surface area contributed by atoms with Crippen molar-refractivity contribution >= 4 is 28.9 Å². The molecular weight excluding hydrogens is 360 g/mol. The zero-order valence-corrected chi connectivity index (χ0v) is 15.5. The second-order valence-corrected chi connectivity index (χ2v) is 7.50. The molecule has 4 rings (SSSR count). The molecule has 4 N–H and O–H groups in total. The van der Waals surface area contributed by atoms with Crippen molar-refractivity contribution in [1.29, 1.82) is 0 Å². The summed E-state index contributed by atoms with van der Waals surface area (Å²) in [5.74, 6) is 1.50. The van der Waals surface area contributed by atoms with Crippen molar-refractivity contribution in [2.24, 2.45) is 0 Å². The molecule has 0 radical (unpaired) electrons. The Morgan fingerprint density at radius 3 is 2.70 bits per heavy atom. The summed E-state index contributed by atoms with van der Waals surface area (Å²) in [6.07, 6.45) is 2.31. The van der Waals surface area contributed by atoms with Crippen LogP contribution in [0, 0.1) is 0 Å². The summed E-state index contributed by atoms with van der Waals surface area (Å²) < 4.78 is 5.79. The van der Waals surface area contributed by atoms with E-state index in [4.69, 9.17) is 10.5 Å². The van der Waals surface area contributed by atoms with Gasteiger partial charge in [0, 0.05) is 10.9 Å². The van der Waals surface area contributed by atoms with E-state index in [1.807, 2.05) is 42.5 Å². The number of aromatic nitrogens is 1. The maximum absolute atomic E-state index is 12.4. The van der Waals surface area contributed by atoms with Crippen molar-refractivity contribution in [3.8, 4) is 10.8 Å². The van der Waals surface area contributed by atoms with E-state index < -0.39 is 0 Å². The zero-order chi connectivity index (χ0) is 18.6. The lowest BCUT2D eigenvalue weighted by atomic mass is 10.2. The molecule has 0 saturated heterocycles. The van der Waals surface area contributed by atoms with Gasteiger partial charge in [0.1, 0.15) is 17.4 Å².